The second-order valence-corrected chi connectivity index (χ2v) is 4.30. The van der Waals surface area contributed by atoms with Crippen LogP contribution in [0.5, 0.6) is 0 Å². The van der Waals surface area contributed by atoms with Crippen molar-refractivity contribution < 1.29 is 9.47 Å². The van der Waals surface area contributed by atoms with E-state index in [4.69, 9.17) is 15.2 Å². The van der Waals surface area contributed by atoms with E-state index in [1.54, 1.807) is 26.0 Å². The maximum Gasteiger partial charge on any atom is 0.166 e. The normalized spacial score (nSPS) is 10.9. The molecule has 15 heavy (non-hydrogen) atoms. The zero-order chi connectivity index (χ0) is 11.3. The second kappa shape index (κ2) is 6.00. The van der Waals surface area contributed by atoms with Crippen LogP contribution in [-0.2, 0) is 9.47 Å². The number of thioether (sulfide) groups is 1. The van der Waals surface area contributed by atoms with Crippen molar-refractivity contribution in [2.24, 2.45) is 0 Å². The van der Waals surface area contributed by atoms with Gasteiger partial charge in [0.2, 0.25) is 0 Å². The summed E-state index contributed by atoms with van der Waals surface area (Å²) in [4.78, 5) is 1.18. The van der Waals surface area contributed by atoms with E-state index in [1.807, 2.05) is 18.2 Å². The molecule has 0 amide bonds. The maximum absolute atomic E-state index is 5.72. The first kappa shape index (κ1) is 12.4. The molecule has 0 aromatic heterocycles. The molecule has 4 heteroatoms. The molecule has 1 aromatic rings. The summed E-state index contributed by atoms with van der Waals surface area (Å²) in [6.07, 6.45) is -0.171. The molecule has 3 nitrogen and oxygen atoms in total. The van der Waals surface area contributed by atoms with E-state index in [9.17, 15) is 0 Å². The van der Waals surface area contributed by atoms with E-state index < -0.39 is 0 Å². The van der Waals surface area contributed by atoms with Crippen molar-refractivity contribution in [3.8, 4) is 0 Å². The third-order valence-electron chi connectivity index (χ3n) is 2.11. The Balaban J connectivity index is 2.60. The molecule has 84 valence electrons. The van der Waals surface area contributed by atoms with Crippen LogP contribution in [0.25, 0.3) is 0 Å². The van der Waals surface area contributed by atoms with Gasteiger partial charge in [0.05, 0.1) is 0 Å². The molecule has 1 rings (SSSR count). The van der Waals surface area contributed by atoms with Crippen molar-refractivity contribution in [3.05, 3.63) is 23.8 Å². The highest BCUT2D eigenvalue weighted by atomic mass is 32.2. The Hall–Kier alpha value is -0.710. The van der Waals surface area contributed by atoms with Gasteiger partial charge in [-0.15, -0.1) is 11.8 Å². The molecule has 0 atom stereocenters. The van der Waals surface area contributed by atoms with Gasteiger partial charge in [0.15, 0.2) is 6.29 Å². The molecular formula is C11H17NO2S. The molecule has 0 bridgehead atoms. The molecule has 0 aliphatic heterocycles. The lowest BCUT2D eigenvalue weighted by atomic mass is 10.2. The van der Waals surface area contributed by atoms with Crippen LogP contribution < -0.4 is 5.73 Å². The van der Waals surface area contributed by atoms with Crippen LogP contribution in [-0.4, -0.2) is 26.3 Å². The molecule has 0 aliphatic carbocycles. The highest BCUT2D eigenvalue weighted by Gasteiger charge is 2.07. The highest BCUT2D eigenvalue weighted by Crippen LogP contribution is 2.25. The number of anilines is 1. The highest BCUT2D eigenvalue weighted by molar-refractivity contribution is 7.99. The topological polar surface area (TPSA) is 44.5 Å². The third-order valence-corrected chi connectivity index (χ3v) is 3.30. The Morgan fingerprint density at radius 3 is 2.60 bits per heavy atom. The summed E-state index contributed by atoms with van der Waals surface area (Å²) in [6, 6.07) is 5.90. The van der Waals surface area contributed by atoms with Crippen LogP contribution in [0.4, 0.5) is 5.69 Å². The molecule has 0 aliphatic rings. The van der Waals surface area contributed by atoms with Crippen molar-refractivity contribution in [2.75, 3.05) is 25.7 Å². The van der Waals surface area contributed by atoms with Crippen molar-refractivity contribution in [3.63, 3.8) is 0 Å². The lowest BCUT2D eigenvalue weighted by molar-refractivity contribution is -0.0842. The zero-order valence-corrected chi connectivity index (χ0v) is 10.1. The molecule has 1 aromatic carbocycles. The fraction of sp³-hybridized carbons (Fsp3) is 0.455. The predicted octanol–water partition coefficient (Wildman–Crippen LogP) is 2.29. The average molecular weight is 227 g/mol. The number of hydrogen-bond donors (Lipinski definition) is 1. The number of nitrogens with two attached hydrogens (primary N) is 1. The Labute approximate surface area is 94.9 Å². The lowest BCUT2D eigenvalue weighted by Gasteiger charge is -2.13. The van der Waals surface area contributed by atoms with E-state index in [0.29, 0.717) is 0 Å². The number of benzene rings is 1. The number of aryl methyl sites for hydroxylation is 1. The average Bonchev–Trinajstić information content (AvgIpc) is 2.24. The molecular weight excluding hydrogens is 210 g/mol. The monoisotopic (exact) mass is 227 g/mol. The van der Waals surface area contributed by atoms with Crippen LogP contribution in [0.2, 0.25) is 0 Å². The summed E-state index contributed by atoms with van der Waals surface area (Å²) in [5.74, 6) is 0.761. The lowest BCUT2D eigenvalue weighted by Crippen LogP contribution is -2.15. The van der Waals surface area contributed by atoms with Crippen molar-refractivity contribution >= 4 is 17.4 Å². The fourth-order valence-electron chi connectivity index (χ4n) is 1.16. The van der Waals surface area contributed by atoms with Gasteiger partial charge >= 0.3 is 0 Å². The largest absolute Gasteiger partial charge is 0.399 e. The van der Waals surface area contributed by atoms with Crippen molar-refractivity contribution in [2.45, 2.75) is 18.1 Å². The first-order chi connectivity index (χ1) is 7.17. The number of nitrogen functional groups attached to an aromatic ring is 1. The van der Waals surface area contributed by atoms with Gasteiger partial charge in [0, 0.05) is 30.6 Å². The molecule has 0 heterocycles. The Bertz CT molecular complexity index is 313. The predicted molar refractivity (Wildman–Crippen MR) is 64.1 cm³/mol. The van der Waals surface area contributed by atoms with Crippen molar-refractivity contribution in [1.29, 1.82) is 0 Å². The number of methoxy groups -OCH3 is 2. The SMILES string of the molecule is COC(CSc1cc(N)ccc1C)OC. The summed E-state index contributed by atoms with van der Waals surface area (Å²) in [5.41, 5.74) is 7.73. The Kier molecular flexibility index (Phi) is 4.94. The summed E-state index contributed by atoms with van der Waals surface area (Å²) >= 11 is 1.69. The minimum atomic E-state index is -0.171. The molecule has 0 saturated heterocycles. The second-order valence-electron chi connectivity index (χ2n) is 3.24. The van der Waals surface area contributed by atoms with Gasteiger partial charge in [-0.1, -0.05) is 6.07 Å². The van der Waals surface area contributed by atoms with Crippen LogP contribution >= 0.6 is 11.8 Å². The van der Waals surface area contributed by atoms with E-state index in [1.165, 1.54) is 10.5 Å². The van der Waals surface area contributed by atoms with Gasteiger partial charge in [-0.05, 0) is 24.6 Å². The standard InChI is InChI=1S/C11H17NO2S/c1-8-4-5-9(12)6-10(8)15-7-11(13-2)14-3/h4-6,11H,7,12H2,1-3H3. The third kappa shape index (κ3) is 3.74. The van der Waals surface area contributed by atoms with Crippen LogP contribution in [0.3, 0.4) is 0 Å². The van der Waals surface area contributed by atoms with E-state index in [-0.39, 0.29) is 6.29 Å². The smallest absolute Gasteiger partial charge is 0.166 e. The molecule has 0 fully saturated rings. The quantitative estimate of drug-likeness (QED) is 0.476. The number of rotatable bonds is 5. The summed E-state index contributed by atoms with van der Waals surface area (Å²) in [7, 11) is 3.28. The number of ether oxygens (including phenoxy) is 2. The van der Waals surface area contributed by atoms with Gasteiger partial charge in [-0.2, -0.15) is 0 Å². The molecule has 0 unspecified atom stereocenters. The molecule has 0 spiro atoms. The van der Waals surface area contributed by atoms with Gasteiger partial charge in [0.1, 0.15) is 0 Å². The van der Waals surface area contributed by atoms with Crippen LogP contribution in [0, 0.1) is 6.92 Å². The van der Waals surface area contributed by atoms with Gasteiger partial charge in [0.25, 0.3) is 0 Å². The van der Waals surface area contributed by atoms with Gasteiger partial charge in [-0.25, -0.2) is 0 Å². The van der Waals surface area contributed by atoms with Gasteiger partial charge in [-0.3, -0.25) is 0 Å². The fourth-order valence-corrected chi connectivity index (χ4v) is 2.27. The van der Waals surface area contributed by atoms with Gasteiger partial charge < -0.3 is 15.2 Å². The van der Waals surface area contributed by atoms with E-state index in [0.717, 1.165) is 11.4 Å². The van der Waals surface area contributed by atoms with Crippen molar-refractivity contribution in [1.82, 2.24) is 0 Å². The molecule has 0 radical (unpaired) electrons. The summed E-state index contributed by atoms with van der Waals surface area (Å²) in [6.45, 7) is 2.07. The van der Waals surface area contributed by atoms with Crippen LogP contribution in [0.1, 0.15) is 5.56 Å². The van der Waals surface area contributed by atoms with E-state index in [2.05, 4.69) is 6.92 Å². The van der Waals surface area contributed by atoms with E-state index >= 15 is 0 Å². The Morgan fingerprint density at radius 1 is 1.33 bits per heavy atom. The molecule has 0 saturated carbocycles. The minimum absolute atomic E-state index is 0.171. The Morgan fingerprint density at radius 2 is 2.00 bits per heavy atom. The van der Waals surface area contributed by atoms with Crippen LogP contribution in [0.15, 0.2) is 23.1 Å². The minimum Gasteiger partial charge on any atom is -0.399 e. The molecule has 2 N–H and O–H groups in total. The first-order valence-electron chi connectivity index (χ1n) is 4.72. The zero-order valence-electron chi connectivity index (χ0n) is 9.32. The first-order valence-corrected chi connectivity index (χ1v) is 5.70. The number of hydrogen-bond acceptors (Lipinski definition) is 4. The summed E-state index contributed by atoms with van der Waals surface area (Å²) < 4.78 is 10.2. The summed E-state index contributed by atoms with van der Waals surface area (Å²) in [5, 5.41) is 0. The maximum atomic E-state index is 5.72.